The highest BCUT2D eigenvalue weighted by Gasteiger charge is 2.37. The Hall–Kier alpha value is -4.26. The number of hydrogen-bond acceptors (Lipinski definition) is 7. The summed E-state index contributed by atoms with van der Waals surface area (Å²) >= 11 is 2.05. The lowest BCUT2D eigenvalue weighted by Gasteiger charge is -2.27. The summed E-state index contributed by atoms with van der Waals surface area (Å²) in [6, 6.07) is 13.8. The first kappa shape index (κ1) is 27.8. The van der Waals surface area contributed by atoms with Crippen molar-refractivity contribution in [3.63, 3.8) is 0 Å². The van der Waals surface area contributed by atoms with Gasteiger partial charge in [0.05, 0.1) is 20.8 Å². The van der Waals surface area contributed by atoms with E-state index in [0.29, 0.717) is 38.5 Å². The van der Waals surface area contributed by atoms with Gasteiger partial charge in [0.1, 0.15) is 12.2 Å². The quantitative estimate of drug-likeness (QED) is 0.114. The lowest BCUT2D eigenvalue weighted by Crippen LogP contribution is -2.54. The maximum atomic E-state index is 13.3. The van der Waals surface area contributed by atoms with Gasteiger partial charge in [-0.3, -0.25) is 25.0 Å². The number of barbiturate groups is 1. The molecular weight excluding hydrogens is 617 g/mol. The summed E-state index contributed by atoms with van der Waals surface area (Å²) in [5, 5.41) is 13.3. The van der Waals surface area contributed by atoms with E-state index in [1.54, 1.807) is 49.4 Å². The molecule has 1 N–H and O–H groups in total. The van der Waals surface area contributed by atoms with E-state index in [0.717, 1.165) is 16.0 Å². The largest absolute Gasteiger partial charge is 0.490 e. The van der Waals surface area contributed by atoms with Gasteiger partial charge in [0, 0.05) is 12.1 Å². The molecule has 0 spiro atoms. The van der Waals surface area contributed by atoms with Gasteiger partial charge >= 0.3 is 6.03 Å². The number of non-ortho nitro benzene ring substituents is 1. The SMILES string of the molecule is CCOc1cc(/C=C2\C(=O)NC(=O)N(c3ccc(C)c(C)c3)C2=O)cc(I)c1OCc1cccc([N+](=O)[O-])c1. The van der Waals surface area contributed by atoms with Gasteiger partial charge in [-0.05, 0) is 96.0 Å². The van der Waals surface area contributed by atoms with Crippen molar-refractivity contribution < 1.29 is 28.8 Å². The highest BCUT2D eigenvalue weighted by Crippen LogP contribution is 2.36. The third-order valence-corrected chi connectivity index (χ3v) is 6.80. The molecule has 1 saturated heterocycles. The lowest BCUT2D eigenvalue weighted by atomic mass is 10.0. The molecule has 1 aliphatic rings. The second kappa shape index (κ2) is 11.6. The number of nitrogens with zero attached hydrogens (tertiary/aromatic N) is 2. The summed E-state index contributed by atoms with van der Waals surface area (Å²) in [5.41, 5.74) is 3.09. The highest BCUT2D eigenvalue weighted by atomic mass is 127. The zero-order chi connectivity index (χ0) is 28.3. The first-order valence-corrected chi connectivity index (χ1v) is 13.0. The molecule has 0 atom stereocenters. The zero-order valence-corrected chi connectivity index (χ0v) is 23.5. The normalized spacial score (nSPS) is 14.4. The Bertz CT molecular complexity index is 1530. The van der Waals surface area contributed by atoms with E-state index in [-0.39, 0.29) is 17.9 Å². The van der Waals surface area contributed by atoms with Crippen LogP contribution in [0.4, 0.5) is 16.2 Å². The summed E-state index contributed by atoms with van der Waals surface area (Å²) in [4.78, 5) is 50.1. The van der Waals surface area contributed by atoms with Gasteiger partial charge in [-0.1, -0.05) is 18.2 Å². The van der Waals surface area contributed by atoms with Crippen molar-refractivity contribution >= 4 is 57.9 Å². The monoisotopic (exact) mass is 641 g/mol. The average Bonchev–Trinajstić information content (AvgIpc) is 2.88. The number of amides is 4. The number of nitro groups is 1. The molecular formula is C28H24IN3O7. The summed E-state index contributed by atoms with van der Waals surface area (Å²) < 4.78 is 12.4. The number of hydrogen-bond donors (Lipinski definition) is 1. The molecule has 0 aromatic heterocycles. The maximum Gasteiger partial charge on any atom is 0.335 e. The van der Waals surface area contributed by atoms with E-state index >= 15 is 0 Å². The molecule has 1 heterocycles. The number of anilines is 1. The van der Waals surface area contributed by atoms with E-state index in [2.05, 4.69) is 5.32 Å². The molecule has 39 heavy (non-hydrogen) atoms. The van der Waals surface area contributed by atoms with Crippen molar-refractivity contribution in [2.45, 2.75) is 27.4 Å². The van der Waals surface area contributed by atoms with Crippen molar-refractivity contribution in [2.75, 3.05) is 11.5 Å². The fraction of sp³-hybridized carbons (Fsp3) is 0.179. The van der Waals surface area contributed by atoms with E-state index in [1.165, 1.54) is 18.2 Å². The molecule has 1 aliphatic heterocycles. The third-order valence-electron chi connectivity index (χ3n) is 6.00. The van der Waals surface area contributed by atoms with E-state index < -0.39 is 22.8 Å². The van der Waals surface area contributed by atoms with Crippen LogP contribution >= 0.6 is 22.6 Å². The van der Waals surface area contributed by atoms with Gasteiger partial charge in [-0.2, -0.15) is 0 Å². The Labute approximate surface area is 237 Å². The minimum atomic E-state index is -0.820. The number of halogens is 1. The molecule has 3 aromatic rings. The van der Waals surface area contributed by atoms with Crippen LogP contribution in [-0.2, 0) is 16.2 Å². The smallest absolute Gasteiger partial charge is 0.335 e. The number of nitro benzene ring substituents is 1. The molecule has 10 nitrogen and oxygen atoms in total. The van der Waals surface area contributed by atoms with Crippen molar-refractivity contribution in [2.24, 2.45) is 0 Å². The Morgan fingerprint density at radius 1 is 1.03 bits per heavy atom. The Morgan fingerprint density at radius 3 is 2.49 bits per heavy atom. The minimum absolute atomic E-state index is 0.0402. The number of rotatable bonds is 8. The average molecular weight is 641 g/mol. The van der Waals surface area contributed by atoms with Crippen LogP contribution in [0.3, 0.4) is 0 Å². The van der Waals surface area contributed by atoms with Gasteiger partial charge in [0.15, 0.2) is 11.5 Å². The molecule has 11 heteroatoms. The number of carbonyl (C=O) groups excluding carboxylic acids is 3. The number of carbonyl (C=O) groups is 3. The standard InChI is InChI=1S/C28H24IN3O7/c1-4-38-24-14-19(13-23(29)25(24)39-15-18-6-5-7-21(11-18)32(36)37)12-22-26(33)30-28(35)31(27(22)34)20-9-8-16(2)17(3)10-20/h5-14H,4,15H2,1-3H3,(H,30,33,35)/b22-12+. The number of imide groups is 2. The van der Waals surface area contributed by atoms with Crippen LogP contribution in [0.5, 0.6) is 11.5 Å². The zero-order valence-electron chi connectivity index (χ0n) is 21.3. The van der Waals surface area contributed by atoms with Crippen molar-refractivity contribution in [1.82, 2.24) is 5.32 Å². The number of urea groups is 1. The van der Waals surface area contributed by atoms with E-state index in [4.69, 9.17) is 9.47 Å². The van der Waals surface area contributed by atoms with Crippen LogP contribution in [0.1, 0.15) is 29.2 Å². The fourth-order valence-corrected chi connectivity index (χ4v) is 4.69. The van der Waals surface area contributed by atoms with Gasteiger partial charge < -0.3 is 9.47 Å². The number of benzene rings is 3. The predicted molar refractivity (Wildman–Crippen MR) is 153 cm³/mol. The molecule has 4 rings (SSSR count). The Morgan fingerprint density at radius 2 is 1.79 bits per heavy atom. The molecule has 0 radical (unpaired) electrons. The summed E-state index contributed by atoms with van der Waals surface area (Å²) in [7, 11) is 0. The molecule has 0 aliphatic carbocycles. The Kier molecular flexibility index (Phi) is 8.29. The third kappa shape index (κ3) is 6.08. The van der Waals surface area contributed by atoms with Crippen LogP contribution in [0.15, 0.2) is 60.2 Å². The van der Waals surface area contributed by atoms with Gasteiger partial charge in [0.2, 0.25) is 0 Å². The second-order valence-corrected chi connectivity index (χ2v) is 9.87. The second-order valence-electron chi connectivity index (χ2n) is 8.71. The van der Waals surface area contributed by atoms with Crippen molar-refractivity contribution in [3.05, 3.63) is 96.1 Å². The van der Waals surface area contributed by atoms with Crippen LogP contribution in [-0.4, -0.2) is 29.4 Å². The van der Waals surface area contributed by atoms with Crippen LogP contribution in [0.25, 0.3) is 6.08 Å². The fourth-order valence-electron chi connectivity index (χ4n) is 3.91. The van der Waals surface area contributed by atoms with E-state index in [9.17, 15) is 24.5 Å². The van der Waals surface area contributed by atoms with Crippen molar-refractivity contribution in [1.29, 1.82) is 0 Å². The van der Waals surface area contributed by atoms with Crippen LogP contribution in [0.2, 0.25) is 0 Å². The highest BCUT2D eigenvalue weighted by molar-refractivity contribution is 14.1. The first-order chi connectivity index (χ1) is 18.6. The number of aryl methyl sites for hydroxylation is 2. The van der Waals surface area contributed by atoms with Crippen LogP contribution in [0, 0.1) is 27.5 Å². The molecule has 0 bridgehead atoms. The van der Waals surface area contributed by atoms with E-state index in [1.807, 2.05) is 36.4 Å². The number of nitrogens with one attached hydrogen (secondary N) is 1. The summed E-state index contributed by atoms with van der Waals surface area (Å²) in [6.45, 7) is 5.96. The summed E-state index contributed by atoms with van der Waals surface area (Å²) in [6.07, 6.45) is 1.40. The van der Waals surface area contributed by atoms with Gasteiger partial charge in [-0.25, -0.2) is 9.69 Å². The van der Waals surface area contributed by atoms with Gasteiger partial charge in [0.25, 0.3) is 17.5 Å². The maximum absolute atomic E-state index is 13.3. The molecule has 0 unspecified atom stereocenters. The van der Waals surface area contributed by atoms with Crippen molar-refractivity contribution in [3.8, 4) is 11.5 Å². The van der Waals surface area contributed by atoms with Gasteiger partial charge in [-0.15, -0.1) is 0 Å². The minimum Gasteiger partial charge on any atom is -0.490 e. The van der Waals surface area contributed by atoms with Crippen LogP contribution < -0.4 is 19.7 Å². The predicted octanol–water partition coefficient (Wildman–Crippen LogP) is 5.46. The molecule has 200 valence electrons. The summed E-state index contributed by atoms with van der Waals surface area (Å²) in [5.74, 6) is -0.764. The molecule has 0 saturated carbocycles. The Balaban J connectivity index is 1.65. The molecule has 3 aromatic carbocycles. The lowest BCUT2D eigenvalue weighted by molar-refractivity contribution is -0.384. The number of ether oxygens (including phenoxy) is 2. The molecule has 4 amide bonds. The first-order valence-electron chi connectivity index (χ1n) is 11.9. The topological polar surface area (TPSA) is 128 Å². The molecule has 1 fully saturated rings.